The average molecular weight is 475 g/mol. The number of aromatic amines is 1. The maximum atomic E-state index is 11.0. The minimum atomic E-state index is -0.0848. The predicted molar refractivity (Wildman–Crippen MR) is 136 cm³/mol. The number of hydrogen-bond donors (Lipinski definition) is 2. The highest BCUT2D eigenvalue weighted by atomic mass is 16.5. The first-order valence-electron chi connectivity index (χ1n) is 11.6. The van der Waals surface area contributed by atoms with Crippen molar-refractivity contribution in [2.24, 2.45) is 0 Å². The van der Waals surface area contributed by atoms with Crippen LogP contribution in [0.4, 0.5) is 5.69 Å². The number of aromatic nitrogens is 4. The summed E-state index contributed by atoms with van der Waals surface area (Å²) >= 11 is 0. The number of nitrogens with zero attached hydrogens (tertiary/aromatic N) is 5. The normalized spacial score (nSPS) is 15.2. The SMILES string of the molecule is COc1ccc2c(c1)CC(c1nc(O)c3cc(-c4cn[nH]c4)cc(N(C)CCN(C)C)c3n1)CO2. The van der Waals surface area contributed by atoms with Crippen molar-refractivity contribution in [3.63, 3.8) is 0 Å². The highest BCUT2D eigenvalue weighted by Crippen LogP contribution is 2.38. The van der Waals surface area contributed by atoms with E-state index < -0.39 is 0 Å². The molecule has 9 heteroatoms. The fourth-order valence-electron chi connectivity index (χ4n) is 4.40. The molecule has 2 aromatic heterocycles. The van der Waals surface area contributed by atoms with Crippen LogP contribution in [0.25, 0.3) is 22.0 Å². The van der Waals surface area contributed by atoms with Gasteiger partial charge in [0.1, 0.15) is 22.8 Å². The number of aromatic hydroxyl groups is 1. The van der Waals surface area contributed by atoms with Gasteiger partial charge in [0.2, 0.25) is 5.88 Å². The van der Waals surface area contributed by atoms with Gasteiger partial charge in [-0.05, 0) is 62.0 Å². The molecular formula is C26H30N6O3. The Morgan fingerprint density at radius 2 is 1.97 bits per heavy atom. The summed E-state index contributed by atoms with van der Waals surface area (Å²) in [6, 6.07) is 9.82. The van der Waals surface area contributed by atoms with Gasteiger partial charge in [0.15, 0.2) is 0 Å². The van der Waals surface area contributed by atoms with E-state index in [0.29, 0.717) is 24.2 Å². The van der Waals surface area contributed by atoms with Crippen molar-refractivity contribution < 1.29 is 14.6 Å². The zero-order valence-corrected chi connectivity index (χ0v) is 20.4. The summed E-state index contributed by atoms with van der Waals surface area (Å²) in [6.45, 7) is 2.13. The largest absolute Gasteiger partial charge is 0.497 e. The molecule has 0 spiro atoms. The van der Waals surface area contributed by atoms with E-state index in [0.717, 1.165) is 52.5 Å². The Bertz CT molecular complexity index is 1340. The fourth-order valence-corrected chi connectivity index (χ4v) is 4.40. The molecule has 9 nitrogen and oxygen atoms in total. The molecule has 0 saturated carbocycles. The van der Waals surface area contributed by atoms with Crippen molar-refractivity contribution >= 4 is 16.6 Å². The van der Waals surface area contributed by atoms with Gasteiger partial charge in [-0.25, -0.2) is 4.98 Å². The van der Waals surface area contributed by atoms with Gasteiger partial charge in [0, 0.05) is 31.9 Å². The molecule has 35 heavy (non-hydrogen) atoms. The summed E-state index contributed by atoms with van der Waals surface area (Å²) in [4.78, 5) is 13.8. The minimum Gasteiger partial charge on any atom is -0.497 e. The van der Waals surface area contributed by atoms with E-state index in [1.807, 2.05) is 37.5 Å². The molecule has 1 aliphatic rings. The van der Waals surface area contributed by atoms with Gasteiger partial charge < -0.3 is 24.4 Å². The first-order valence-corrected chi connectivity index (χ1v) is 11.6. The Kier molecular flexibility index (Phi) is 6.17. The number of anilines is 1. The molecule has 3 heterocycles. The Hall–Kier alpha value is -3.85. The molecule has 0 saturated heterocycles. The number of fused-ring (bicyclic) bond motifs is 2. The standard InChI is InChI=1S/C26H30N6O3/c1-31(2)7-8-32(3)22-12-16(19-13-27-28-14-19)11-21-24(22)29-25(30-26(21)33)18-9-17-10-20(34-4)5-6-23(17)35-15-18/h5-6,10-14,18H,7-9,15H2,1-4H3,(H,27,28)(H,29,30,33). The maximum absolute atomic E-state index is 11.0. The van der Waals surface area contributed by atoms with Crippen LogP contribution in [-0.4, -0.2) is 78.1 Å². The van der Waals surface area contributed by atoms with Crippen LogP contribution >= 0.6 is 0 Å². The Labute approximate surface area is 204 Å². The van der Waals surface area contributed by atoms with E-state index in [1.165, 1.54) is 0 Å². The summed E-state index contributed by atoms with van der Waals surface area (Å²) in [5.74, 6) is 2.09. The van der Waals surface area contributed by atoms with Crippen LogP contribution in [0.1, 0.15) is 17.3 Å². The molecule has 2 aromatic carbocycles. The first kappa shape index (κ1) is 22.9. The molecular weight excluding hydrogens is 444 g/mol. The highest BCUT2D eigenvalue weighted by molar-refractivity contribution is 5.97. The van der Waals surface area contributed by atoms with Gasteiger partial charge in [-0.15, -0.1) is 0 Å². The van der Waals surface area contributed by atoms with Gasteiger partial charge in [0.05, 0.1) is 36.9 Å². The summed E-state index contributed by atoms with van der Waals surface area (Å²) < 4.78 is 11.4. The molecule has 0 fully saturated rings. The third-order valence-electron chi connectivity index (χ3n) is 6.44. The molecule has 5 rings (SSSR count). The van der Waals surface area contributed by atoms with Gasteiger partial charge in [-0.2, -0.15) is 10.1 Å². The van der Waals surface area contributed by atoms with Crippen LogP contribution in [-0.2, 0) is 6.42 Å². The third kappa shape index (κ3) is 4.59. The highest BCUT2D eigenvalue weighted by Gasteiger charge is 2.26. The van der Waals surface area contributed by atoms with Crippen molar-refractivity contribution in [1.29, 1.82) is 0 Å². The van der Waals surface area contributed by atoms with Crippen LogP contribution in [0.3, 0.4) is 0 Å². The maximum Gasteiger partial charge on any atom is 0.222 e. The minimum absolute atomic E-state index is 0.0333. The van der Waals surface area contributed by atoms with Crippen LogP contribution in [0.5, 0.6) is 17.4 Å². The zero-order valence-electron chi connectivity index (χ0n) is 20.4. The number of rotatable bonds is 7. The smallest absolute Gasteiger partial charge is 0.222 e. The van der Waals surface area contributed by atoms with Gasteiger partial charge in [-0.3, -0.25) is 5.10 Å². The lowest BCUT2D eigenvalue weighted by Gasteiger charge is -2.26. The topological polar surface area (TPSA) is 99.6 Å². The lowest BCUT2D eigenvalue weighted by Crippen LogP contribution is -2.28. The van der Waals surface area contributed by atoms with Gasteiger partial charge in [0.25, 0.3) is 0 Å². The predicted octanol–water partition coefficient (Wildman–Crippen LogP) is 3.45. The van der Waals surface area contributed by atoms with E-state index in [1.54, 1.807) is 13.3 Å². The molecule has 182 valence electrons. The second-order valence-electron chi connectivity index (χ2n) is 9.19. The number of H-pyrrole nitrogens is 1. The number of hydrogen-bond acceptors (Lipinski definition) is 8. The first-order chi connectivity index (χ1) is 16.9. The van der Waals surface area contributed by atoms with Gasteiger partial charge >= 0.3 is 0 Å². The third-order valence-corrected chi connectivity index (χ3v) is 6.44. The summed E-state index contributed by atoms with van der Waals surface area (Å²) in [5, 5.41) is 18.6. The summed E-state index contributed by atoms with van der Waals surface area (Å²) in [7, 11) is 7.80. The van der Waals surface area contributed by atoms with Crippen molar-refractivity contribution in [3.05, 3.63) is 54.1 Å². The van der Waals surface area contributed by atoms with Crippen LogP contribution in [0, 0.1) is 0 Å². The summed E-state index contributed by atoms with van der Waals surface area (Å²) in [6.07, 6.45) is 4.31. The Balaban J connectivity index is 1.58. The lowest BCUT2D eigenvalue weighted by molar-refractivity contribution is 0.256. The van der Waals surface area contributed by atoms with Crippen LogP contribution in [0.15, 0.2) is 42.7 Å². The van der Waals surface area contributed by atoms with Crippen molar-refractivity contribution in [2.75, 3.05) is 52.8 Å². The molecule has 1 atom stereocenters. The molecule has 2 N–H and O–H groups in total. The Morgan fingerprint density at radius 3 is 2.71 bits per heavy atom. The molecule has 0 bridgehead atoms. The lowest BCUT2D eigenvalue weighted by atomic mass is 9.95. The monoisotopic (exact) mass is 474 g/mol. The second kappa shape index (κ2) is 9.42. The van der Waals surface area contributed by atoms with E-state index in [9.17, 15) is 5.11 Å². The van der Waals surface area contributed by atoms with E-state index >= 15 is 0 Å². The quantitative estimate of drug-likeness (QED) is 0.420. The van der Waals surface area contributed by atoms with Gasteiger partial charge in [-0.1, -0.05) is 0 Å². The number of likely N-dealkylation sites (N-methyl/N-ethyl adjacent to an activating group) is 2. The molecule has 0 radical (unpaired) electrons. The fraction of sp³-hybridized carbons (Fsp3) is 0.346. The van der Waals surface area contributed by atoms with Crippen molar-refractivity contribution in [3.8, 4) is 28.5 Å². The van der Waals surface area contributed by atoms with Crippen molar-refractivity contribution in [2.45, 2.75) is 12.3 Å². The average Bonchev–Trinajstić information content (AvgIpc) is 3.41. The number of nitrogens with one attached hydrogen (secondary N) is 1. The molecule has 0 amide bonds. The number of benzene rings is 2. The van der Waals surface area contributed by atoms with Crippen molar-refractivity contribution in [1.82, 2.24) is 25.1 Å². The van der Waals surface area contributed by atoms with Crippen LogP contribution in [0.2, 0.25) is 0 Å². The summed E-state index contributed by atoms with van der Waals surface area (Å²) in [5.41, 5.74) is 4.56. The molecule has 4 aromatic rings. The second-order valence-corrected chi connectivity index (χ2v) is 9.19. The van der Waals surface area contributed by atoms with E-state index in [-0.39, 0.29) is 11.8 Å². The van der Waals surface area contributed by atoms with E-state index in [4.69, 9.17) is 14.5 Å². The zero-order chi connectivity index (χ0) is 24.5. The molecule has 1 unspecified atom stereocenters. The Morgan fingerprint density at radius 1 is 1.11 bits per heavy atom. The van der Waals surface area contributed by atoms with Crippen LogP contribution < -0.4 is 14.4 Å². The number of ether oxygens (including phenoxy) is 2. The molecule has 0 aliphatic carbocycles. The number of methoxy groups -OCH3 is 1. The van der Waals surface area contributed by atoms with E-state index in [2.05, 4.69) is 45.1 Å². The molecule has 1 aliphatic heterocycles.